The lowest BCUT2D eigenvalue weighted by molar-refractivity contribution is -0.120. The van der Waals surface area contributed by atoms with Crippen LogP contribution in [-0.4, -0.2) is 24.1 Å². The Morgan fingerprint density at radius 2 is 1.97 bits per heavy atom. The number of carbonyl (C=O) groups is 1. The van der Waals surface area contributed by atoms with Gasteiger partial charge in [0, 0.05) is 11.9 Å². The summed E-state index contributed by atoms with van der Waals surface area (Å²) in [5, 5.41) is 5.76. The lowest BCUT2D eigenvalue weighted by Gasteiger charge is -2.08. The van der Waals surface area contributed by atoms with Crippen LogP contribution in [0, 0.1) is 0 Å². The van der Waals surface area contributed by atoms with E-state index in [-0.39, 0.29) is 12.3 Å². The molecule has 158 valence electrons. The fourth-order valence-corrected chi connectivity index (χ4v) is 3.79. The number of nitrogens with zero attached hydrogens (tertiary/aromatic N) is 1. The Morgan fingerprint density at radius 1 is 1.10 bits per heavy atom. The average Bonchev–Trinajstić information content (AvgIpc) is 3.22. The zero-order valence-corrected chi connectivity index (χ0v) is 18.3. The zero-order chi connectivity index (χ0) is 21.2. The van der Waals surface area contributed by atoms with Crippen LogP contribution in [0.2, 0.25) is 0 Å². The Morgan fingerprint density at radius 3 is 2.80 bits per heavy atom. The van der Waals surface area contributed by atoms with E-state index in [0.717, 1.165) is 46.2 Å². The molecule has 0 unspecified atom stereocenters. The first kappa shape index (κ1) is 21.8. The maximum atomic E-state index is 12.4. The number of ether oxygens (including phenoxy) is 2. The van der Waals surface area contributed by atoms with Crippen molar-refractivity contribution in [2.24, 2.45) is 0 Å². The van der Waals surface area contributed by atoms with Crippen molar-refractivity contribution in [3.63, 3.8) is 0 Å². The van der Waals surface area contributed by atoms with Crippen molar-refractivity contribution in [1.82, 2.24) is 10.3 Å². The predicted molar refractivity (Wildman–Crippen MR) is 121 cm³/mol. The van der Waals surface area contributed by atoms with Crippen LogP contribution in [0.25, 0.3) is 10.6 Å². The molecular weight excluding hydrogens is 396 g/mol. The molecule has 0 aliphatic rings. The molecule has 1 amide bonds. The van der Waals surface area contributed by atoms with E-state index in [0.29, 0.717) is 19.8 Å². The van der Waals surface area contributed by atoms with E-state index < -0.39 is 0 Å². The van der Waals surface area contributed by atoms with E-state index in [9.17, 15) is 4.79 Å². The van der Waals surface area contributed by atoms with E-state index >= 15 is 0 Å². The summed E-state index contributed by atoms with van der Waals surface area (Å²) >= 11 is 1.52. The molecular formula is C24H28N2O3S. The number of benzene rings is 2. The van der Waals surface area contributed by atoms with Gasteiger partial charge in [-0.3, -0.25) is 4.79 Å². The number of nitrogens with one attached hydrogen (secondary N) is 1. The second-order valence-corrected chi connectivity index (χ2v) is 7.73. The lowest BCUT2D eigenvalue weighted by atomic mass is 10.2. The molecule has 6 heteroatoms. The first-order chi connectivity index (χ1) is 14.7. The second kappa shape index (κ2) is 11.4. The van der Waals surface area contributed by atoms with Gasteiger partial charge in [0.05, 0.1) is 30.9 Å². The maximum Gasteiger partial charge on any atom is 0.226 e. The van der Waals surface area contributed by atoms with Gasteiger partial charge in [0.25, 0.3) is 0 Å². The number of amides is 1. The van der Waals surface area contributed by atoms with Crippen LogP contribution < -0.4 is 14.8 Å². The summed E-state index contributed by atoms with van der Waals surface area (Å²) in [7, 11) is 0. The van der Waals surface area contributed by atoms with Crippen LogP contribution in [0.3, 0.4) is 0 Å². The highest BCUT2D eigenvalue weighted by Crippen LogP contribution is 2.32. The van der Waals surface area contributed by atoms with E-state index in [2.05, 4.69) is 17.2 Å². The molecule has 2 aromatic carbocycles. The Hall–Kier alpha value is -2.86. The SMILES string of the molecule is CCCCOc1cccc(CNC(=O)Cc2csc(-c3ccccc3OCC)n2)c1. The fraction of sp³-hybridized carbons (Fsp3) is 0.333. The number of para-hydroxylation sites is 1. The van der Waals surface area contributed by atoms with Crippen molar-refractivity contribution in [1.29, 1.82) is 0 Å². The summed E-state index contributed by atoms with van der Waals surface area (Å²) in [5.74, 6) is 1.60. The standard InChI is InChI=1S/C24H28N2O3S/c1-3-5-13-29-20-10-8-9-18(14-20)16-25-23(27)15-19-17-30-24(26-19)21-11-6-7-12-22(21)28-4-2/h6-12,14,17H,3-5,13,15-16H2,1-2H3,(H,25,27). The monoisotopic (exact) mass is 424 g/mol. The molecule has 1 N–H and O–H groups in total. The number of hydrogen-bond acceptors (Lipinski definition) is 5. The zero-order valence-electron chi connectivity index (χ0n) is 17.5. The maximum absolute atomic E-state index is 12.4. The van der Waals surface area contributed by atoms with Gasteiger partial charge >= 0.3 is 0 Å². The van der Waals surface area contributed by atoms with E-state index in [4.69, 9.17) is 9.47 Å². The van der Waals surface area contributed by atoms with Gasteiger partial charge in [0.1, 0.15) is 16.5 Å². The van der Waals surface area contributed by atoms with Crippen LogP contribution >= 0.6 is 11.3 Å². The molecule has 0 radical (unpaired) electrons. The highest BCUT2D eigenvalue weighted by atomic mass is 32.1. The second-order valence-electron chi connectivity index (χ2n) is 6.88. The van der Waals surface area contributed by atoms with Crippen LogP contribution in [0.5, 0.6) is 11.5 Å². The Bertz CT molecular complexity index is 955. The van der Waals surface area contributed by atoms with Gasteiger partial charge in [-0.25, -0.2) is 4.98 Å². The number of thiazole rings is 1. The molecule has 3 rings (SSSR count). The number of carbonyl (C=O) groups excluding carboxylic acids is 1. The third kappa shape index (κ3) is 6.32. The van der Waals surface area contributed by atoms with Crippen molar-refractivity contribution in [3.8, 4) is 22.1 Å². The molecule has 0 aliphatic heterocycles. The Balaban J connectivity index is 1.55. The van der Waals surface area contributed by atoms with Gasteiger partial charge in [0.2, 0.25) is 5.91 Å². The number of aromatic nitrogens is 1. The molecule has 5 nitrogen and oxygen atoms in total. The lowest BCUT2D eigenvalue weighted by Crippen LogP contribution is -2.24. The molecule has 0 atom stereocenters. The normalized spacial score (nSPS) is 10.6. The molecule has 1 heterocycles. The van der Waals surface area contributed by atoms with E-state index in [1.165, 1.54) is 11.3 Å². The van der Waals surface area contributed by atoms with Crippen LogP contribution in [0.4, 0.5) is 0 Å². The molecule has 3 aromatic rings. The first-order valence-electron chi connectivity index (χ1n) is 10.3. The summed E-state index contributed by atoms with van der Waals surface area (Å²) in [6.45, 7) is 5.88. The topological polar surface area (TPSA) is 60.5 Å². The van der Waals surface area contributed by atoms with Crippen molar-refractivity contribution in [2.75, 3.05) is 13.2 Å². The minimum Gasteiger partial charge on any atom is -0.494 e. The van der Waals surface area contributed by atoms with Crippen molar-refractivity contribution < 1.29 is 14.3 Å². The Kier molecular flexibility index (Phi) is 8.27. The minimum absolute atomic E-state index is 0.0535. The predicted octanol–water partition coefficient (Wildman–Crippen LogP) is 5.25. The molecule has 0 saturated heterocycles. The summed E-state index contributed by atoms with van der Waals surface area (Å²) in [6, 6.07) is 15.7. The van der Waals surface area contributed by atoms with Gasteiger partial charge in [-0.2, -0.15) is 0 Å². The summed E-state index contributed by atoms with van der Waals surface area (Å²) in [4.78, 5) is 17.0. The number of hydrogen-bond donors (Lipinski definition) is 1. The van der Waals surface area contributed by atoms with Crippen molar-refractivity contribution in [3.05, 3.63) is 65.2 Å². The largest absolute Gasteiger partial charge is 0.494 e. The van der Waals surface area contributed by atoms with Crippen molar-refractivity contribution in [2.45, 2.75) is 39.7 Å². The molecule has 30 heavy (non-hydrogen) atoms. The molecule has 0 fully saturated rings. The van der Waals surface area contributed by atoms with Gasteiger partial charge < -0.3 is 14.8 Å². The van der Waals surface area contributed by atoms with Crippen LogP contribution in [0.1, 0.15) is 37.9 Å². The quantitative estimate of drug-likeness (QED) is 0.427. The molecule has 1 aromatic heterocycles. The van der Waals surface area contributed by atoms with Crippen LogP contribution in [-0.2, 0) is 17.8 Å². The number of rotatable bonds is 11. The summed E-state index contributed by atoms with van der Waals surface area (Å²) < 4.78 is 11.4. The third-order valence-corrected chi connectivity index (χ3v) is 5.39. The molecule has 0 bridgehead atoms. The van der Waals surface area contributed by atoms with Crippen LogP contribution in [0.15, 0.2) is 53.9 Å². The fourth-order valence-electron chi connectivity index (χ4n) is 2.94. The van der Waals surface area contributed by atoms with Gasteiger partial charge in [0.15, 0.2) is 0 Å². The van der Waals surface area contributed by atoms with Gasteiger partial charge in [-0.15, -0.1) is 11.3 Å². The Labute approximate surface area is 182 Å². The highest BCUT2D eigenvalue weighted by molar-refractivity contribution is 7.13. The number of unbranched alkanes of at least 4 members (excludes halogenated alkanes) is 1. The third-order valence-electron chi connectivity index (χ3n) is 4.47. The van der Waals surface area contributed by atoms with E-state index in [1.807, 2.05) is 60.8 Å². The smallest absolute Gasteiger partial charge is 0.226 e. The first-order valence-corrected chi connectivity index (χ1v) is 11.2. The molecule has 0 saturated carbocycles. The van der Waals surface area contributed by atoms with E-state index in [1.54, 1.807) is 0 Å². The average molecular weight is 425 g/mol. The summed E-state index contributed by atoms with van der Waals surface area (Å²) in [6.07, 6.45) is 2.39. The molecule has 0 spiro atoms. The van der Waals surface area contributed by atoms with Gasteiger partial charge in [-0.05, 0) is 43.2 Å². The van der Waals surface area contributed by atoms with Crippen molar-refractivity contribution >= 4 is 17.2 Å². The summed E-state index contributed by atoms with van der Waals surface area (Å²) in [5.41, 5.74) is 2.73. The molecule has 0 aliphatic carbocycles. The highest BCUT2D eigenvalue weighted by Gasteiger charge is 2.12. The minimum atomic E-state index is -0.0535. The van der Waals surface area contributed by atoms with Gasteiger partial charge in [-0.1, -0.05) is 37.6 Å².